The third-order valence-corrected chi connectivity index (χ3v) is 6.91. The van der Waals surface area contributed by atoms with E-state index in [1.54, 1.807) is 17.9 Å². The fraction of sp³-hybridized carbons (Fsp3) is 0.684. The largest absolute Gasteiger partial charge is 0.410 e. The van der Waals surface area contributed by atoms with Gasteiger partial charge in [0, 0.05) is 31.1 Å². The number of likely N-dealkylation sites (tertiary alicyclic amines) is 1. The van der Waals surface area contributed by atoms with Crippen molar-refractivity contribution in [2.45, 2.75) is 64.2 Å². The molecular weight excluding hydrogens is 417 g/mol. The number of anilines is 1. The van der Waals surface area contributed by atoms with Gasteiger partial charge in [0.2, 0.25) is 0 Å². The number of nitrogens with one attached hydrogen (secondary N) is 1. The molecule has 1 N–H and O–H groups in total. The maximum Gasteiger partial charge on any atom is 0.410 e. The Balaban J connectivity index is 1.49. The van der Waals surface area contributed by atoms with Gasteiger partial charge in [-0.3, -0.25) is 4.79 Å². The minimum absolute atomic E-state index is 0.0233. The number of carbonyl (C=O) groups is 1. The standard InChI is InChI=1S/C19H25F3N6OS/c1-10(2)13-8-15(19(20,21)22)28-16(23-13)9-14(25-28)12-4-6-27(7-5-12)18(29)17-11(3)24-26-30-17/h9-10,12-13,15,23H,4-8H2,1-3H3/t13-,15+/m0/s1. The second-order valence-electron chi connectivity index (χ2n) is 8.44. The van der Waals surface area contributed by atoms with E-state index in [0.717, 1.165) is 16.2 Å². The fourth-order valence-corrected chi connectivity index (χ4v) is 4.83. The summed E-state index contributed by atoms with van der Waals surface area (Å²) >= 11 is 1.09. The number of hydrogen-bond acceptors (Lipinski definition) is 6. The molecule has 4 heterocycles. The van der Waals surface area contributed by atoms with E-state index < -0.39 is 12.2 Å². The summed E-state index contributed by atoms with van der Waals surface area (Å²) in [5, 5.41) is 11.5. The molecule has 0 aliphatic carbocycles. The Bertz CT molecular complexity index is 916. The molecule has 2 atom stereocenters. The van der Waals surface area contributed by atoms with E-state index in [1.807, 2.05) is 13.8 Å². The van der Waals surface area contributed by atoms with Gasteiger partial charge in [0.15, 0.2) is 6.04 Å². The highest BCUT2D eigenvalue weighted by Gasteiger charge is 2.47. The first kappa shape index (κ1) is 21.1. The van der Waals surface area contributed by atoms with Crippen LogP contribution in [0.5, 0.6) is 0 Å². The zero-order valence-corrected chi connectivity index (χ0v) is 17.9. The van der Waals surface area contributed by atoms with Crippen molar-refractivity contribution >= 4 is 23.3 Å². The molecule has 0 radical (unpaired) electrons. The summed E-state index contributed by atoms with van der Waals surface area (Å²) in [5.74, 6) is 0.465. The van der Waals surface area contributed by atoms with Gasteiger partial charge in [-0.1, -0.05) is 18.3 Å². The Morgan fingerprint density at radius 1 is 1.30 bits per heavy atom. The first-order chi connectivity index (χ1) is 14.1. The first-order valence-electron chi connectivity index (χ1n) is 10.2. The quantitative estimate of drug-likeness (QED) is 0.778. The number of fused-ring (bicyclic) bond motifs is 1. The molecule has 2 aromatic heterocycles. The molecule has 2 aliphatic rings. The summed E-state index contributed by atoms with van der Waals surface area (Å²) in [6.45, 7) is 6.67. The molecule has 164 valence electrons. The van der Waals surface area contributed by atoms with Crippen molar-refractivity contribution in [3.63, 3.8) is 0 Å². The van der Waals surface area contributed by atoms with Gasteiger partial charge in [0.05, 0.1) is 11.4 Å². The normalized spacial score (nSPS) is 22.8. The lowest BCUT2D eigenvalue weighted by Crippen LogP contribution is -2.41. The molecular formula is C19H25F3N6OS. The number of amides is 1. The van der Waals surface area contributed by atoms with Crippen LogP contribution >= 0.6 is 11.5 Å². The molecule has 4 rings (SSSR count). The molecule has 0 aromatic carbocycles. The molecule has 1 amide bonds. The van der Waals surface area contributed by atoms with Crippen molar-refractivity contribution < 1.29 is 18.0 Å². The van der Waals surface area contributed by atoms with Crippen LogP contribution < -0.4 is 5.32 Å². The van der Waals surface area contributed by atoms with Crippen molar-refractivity contribution in [3.05, 3.63) is 22.3 Å². The van der Waals surface area contributed by atoms with E-state index in [0.29, 0.717) is 48.0 Å². The predicted molar refractivity (Wildman–Crippen MR) is 107 cm³/mol. The van der Waals surface area contributed by atoms with Gasteiger partial charge in [-0.25, -0.2) is 4.68 Å². The highest BCUT2D eigenvalue weighted by atomic mass is 32.1. The number of nitrogens with zero attached hydrogens (tertiary/aromatic N) is 5. The topological polar surface area (TPSA) is 75.9 Å². The molecule has 1 fully saturated rings. The number of carbonyl (C=O) groups excluding carboxylic acids is 1. The van der Waals surface area contributed by atoms with E-state index in [4.69, 9.17) is 0 Å². The lowest BCUT2D eigenvalue weighted by molar-refractivity contribution is -0.174. The van der Waals surface area contributed by atoms with Gasteiger partial charge in [-0.05, 0) is 43.6 Å². The number of aryl methyl sites for hydroxylation is 1. The van der Waals surface area contributed by atoms with Crippen molar-refractivity contribution in [1.29, 1.82) is 0 Å². The van der Waals surface area contributed by atoms with Crippen LogP contribution in [0.3, 0.4) is 0 Å². The van der Waals surface area contributed by atoms with E-state index >= 15 is 0 Å². The van der Waals surface area contributed by atoms with Crippen LogP contribution in [0.2, 0.25) is 0 Å². The molecule has 7 nitrogen and oxygen atoms in total. The van der Waals surface area contributed by atoms with Crippen LogP contribution in [-0.4, -0.2) is 55.5 Å². The van der Waals surface area contributed by atoms with Gasteiger partial charge in [0.25, 0.3) is 5.91 Å². The van der Waals surface area contributed by atoms with Crippen LogP contribution in [0.1, 0.15) is 66.1 Å². The Kier molecular flexibility index (Phi) is 5.50. The third kappa shape index (κ3) is 3.91. The highest BCUT2D eigenvalue weighted by molar-refractivity contribution is 7.07. The van der Waals surface area contributed by atoms with Crippen molar-refractivity contribution in [2.75, 3.05) is 18.4 Å². The lowest BCUT2D eigenvalue weighted by atomic mass is 9.93. The molecule has 2 aliphatic heterocycles. The number of piperidine rings is 1. The minimum atomic E-state index is -4.34. The molecule has 2 aromatic rings. The van der Waals surface area contributed by atoms with E-state index in [9.17, 15) is 18.0 Å². The first-order valence-corrected chi connectivity index (χ1v) is 10.9. The SMILES string of the molecule is Cc1nnsc1C(=O)N1CCC(c2cc3n(n2)[C@@H](C(F)(F)F)C[C@@H](C(C)C)N3)CC1. The number of hydrogen-bond donors (Lipinski definition) is 1. The Morgan fingerprint density at radius 3 is 2.57 bits per heavy atom. The second kappa shape index (κ2) is 7.82. The molecule has 0 bridgehead atoms. The number of aromatic nitrogens is 4. The van der Waals surface area contributed by atoms with Crippen molar-refractivity contribution in [2.24, 2.45) is 5.92 Å². The minimum Gasteiger partial charge on any atom is -0.367 e. The second-order valence-corrected chi connectivity index (χ2v) is 9.20. The Labute approximate surface area is 176 Å². The summed E-state index contributed by atoms with van der Waals surface area (Å²) in [7, 11) is 0. The van der Waals surface area contributed by atoms with Gasteiger partial charge in [-0.2, -0.15) is 18.3 Å². The average molecular weight is 443 g/mol. The maximum absolute atomic E-state index is 13.7. The zero-order chi connectivity index (χ0) is 21.6. The van der Waals surface area contributed by atoms with Gasteiger partial charge >= 0.3 is 6.18 Å². The summed E-state index contributed by atoms with van der Waals surface area (Å²) in [6.07, 6.45) is -3.04. The lowest BCUT2D eigenvalue weighted by Gasteiger charge is -2.35. The molecule has 1 saturated heterocycles. The van der Waals surface area contributed by atoms with Gasteiger partial charge in [-0.15, -0.1) is 5.10 Å². The van der Waals surface area contributed by atoms with Gasteiger partial charge in [0.1, 0.15) is 10.7 Å². The fourth-order valence-electron chi connectivity index (χ4n) is 4.21. The van der Waals surface area contributed by atoms with Crippen LogP contribution in [0.15, 0.2) is 6.07 Å². The summed E-state index contributed by atoms with van der Waals surface area (Å²) < 4.78 is 45.9. The molecule has 11 heteroatoms. The predicted octanol–water partition coefficient (Wildman–Crippen LogP) is 4.01. The van der Waals surface area contributed by atoms with E-state index in [2.05, 4.69) is 20.0 Å². The van der Waals surface area contributed by atoms with Crippen molar-refractivity contribution in [3.8, 4) is 0 Å². The molecule has 0 saturated carbocycles. The Hall–Kier alpha value is -2.17. The van der Waals surface area contributed by atoms with E-state index in [-0.39, 0.29) is 30.2 Å². The van der Waals surface area contributed by atoms with Gasteiger partial charge < -0.3 is 10.2 Å². The van der Waals surface area contributed by atoms with Crippen LogP contribution in [0.25, 0.3) is 0 Å². The number of alkyl halides is 3. The summed E-state index contributed by atoms with van der Waals surface area (Å²) in [6, 6.07) is -0.102. The number of halogens is 3. The smallest absolute Gasteiger partial charge is 0.367 e. The molecule has 0 unspecified atom stereocenters. The molecule has 0 spiro atoms. The summed E-state index contributed by atoms with van der Waals surface area (Å²) in [5.41, 5.74) is 1.29. The van der Waals surface area contributed by atoms with Crippen molar-refractivity contribution in [1.82, 2.24) is 24.3 Å². The van der Waals surface area contributed by atoms with Crippen LogP contribution in [0.4, 0.5) is 19.0 Å². The number of rotatable bonds is 3. The third-order valence-electron chi connectivity index (χ3n) is 6.09. The molecule has 30 heavy (non-hydrogen) atoms. The zero-order valence-electron chi connectivity index (χ0n) is 17.1. The highest BCUT2D eigenvalue weighted by Crippen LogP contribution is 2.42. The van der Waals surface area contributed by atoms with E-state index in [1.165, 1.54) is 0 Å². The maximum atomic E-state index is 13.7. The summed E-state index contributed by atoms with van der Waals surface area (Å²) in [4.78, 5) is 14.9. The van der Waals surface area contributed by atoms with Crippen LogP contribution in [0, 0.1) is 12.8 Å². The van der Waals surface area contributed by atoms with Crippen LogP contribution in [-0.2, 0) is 0 Å². The average Bonchev–Trinajstić information content (AvgIpc) is 3.31. The Morgan fingerprint density at radius 2 is 2.00 bits per heavy atom. The monoisotopic (exact) mass is 442 g/mol.